The Morgan fingerprint density at radius 3 is 2.55 bits per heavy atom. The van der Waals surface area contributed by atoms with Crippen molar-refractivity contribution in [3.05, 3.63) is 63.7 Å². The van der Waals surface area contributed by atoms with Crippen molar-refractivity contribution in [2.75, 3.05) is 18.0 Å². The SMILES string of the molecule is O=S(=O)(c1cccc(Cl)c1)C1CCN(c2nc(-c3ccc(F)c(Cl)c3)cs2)CC1. The molecule has 1 aliphatic heterocycles. The van der Waals surface area contributed by atoms with Crippen LogP contribution in [0.1, 0.15) is 12.8 Å². The zero-order valence-electron chi connectivity index (χ0n) is 15.2. The fraction of sp³-hybridized carbons (Fsp3) is 0.250. The Bertz CT molecular complexity index is 1140. The number of sulfone groups is 1. The second-order valence-electron chi connectivity index (χ2n) is 6.83. The first-order chi connectivity index (χ1) is 13.8. The van der Waals surface area contributed by atoms with E-state index in [4.69, 9.17) is 23.2 Å². The largest absolute Gasteiger partial charge is 0.348 e. The van der Waals surface area contributed by atoms with Crippen LogP contribution in [0.3, 0.4) is 0 Å². The summed E-state index contributed by atoms with van der Waals surface area (Å²) in [6, 6.07) is 10.9. The van der Waals surface area contributed by atoms with Crippen molar-refractivity contribution in [2.24, 2.45) is 0 Å². The van der Waals surface area contributed by atoms with Crippen LogP contribution >= 0.6 is 34.5 Å². The zero-order chi connectivity index (χ0) is 20.6. The second kappa shape index (κ2) is 8.22. The van der Waals surface area contributed by atoms with E-state index in [0.29, 0.717) is 31.0 Å². The van der Waals surface area contributed by atoms with Crippen LogP contribution in [-0.4, -0.2) is 31.7 Å². The van der Waals surface area contributed by atoms with Gasteiger partial charge in [0.1, 0.15) is 5.82 Å². The van der Waals surface area contributed by atoms with Gasteiger partial charge in [0.2, 0.25) is 0 Å². The molecule has 2 aromatic carbocycles. The molecular weight excluding hydrogens is 454 g/mol. The minimum Gasteiger partial charge on any atom is -0.348 e. The van der Waals surface area contributed by atoms with E-state index < -0.39 is 20.9 Å². The van der Waals surface area contributed by atoms with E-state index in [1.807, 2.05) is 5.38 Å². The van der Waals surface area contributed by atoms with Crippen molar-refractivity contribution in [1.29, 1.82) is 0 Å². The quantitative estimate of drug-likeness (QED) is 0.490. The number of thiazole rings is 1. The Morgan fingerprint density at radius 1 is 1.10 bits per heavy atom. The topological polar surface area (TPSA) is 50.3 Å². The minimum atomic E-state index is -3.42. The van der Waals surface area contributed by atoms with Gasteiger partial charge in [0.15, 0.2) is 15.0 Å². The van der Waals surface area contributed by atoms with E-state index in [-0.39, 0.29) is 9.92 Å². The molecule has 3 aromatic rings. The Hall–Kier alpha value is -1.67. The number of halogens is 3. The lowest BCUT2D eigenvalue weighted by Gasteiger charge is -2.31. The number of hydrogen-bond donors (Lipinski definition) is 0. The summed E-state index contributed by atoms with van der Waals surface area (Å²) in [5.74, 6) is -0.464. The number of anilines is 1. The smallest absolute Gasteiger partial charge is 0.185 e. The highest BCUT2D eigenvalue weighted by molar-refractivity contribution is 7.92. The summed E-state index contributed by atoms with van der Waals surface area (Å²) in [5, 5.41) is 2.75. The minimum absolute atomic E-state index is 0.0593. The van der Waals surface area contributed by atoms with E-state index in [1.54, 1.807) is 30.3 Å². The fourth-order valence-electron chi connectivity index (χ4n) is 3.39. The lowest BCUT2D eigenvalue weighted by atomic mass is 10.1. The summed E-state index contributed by atoms with van der Waals surface area (Å²) < 4.78 is 39.2. The summed E-state index contributed by atoms with van der Waals surface area (Å²) in [6.07, 6.45) is 1.04. The molecule has 0 unspecified atom stereocenters. The maximum atomic E-state index is 13.4. The third-order valence-electron chi connectivity index (χ3n) is 4.98. The van der Waals surface area contributed by atoms with Crippen molar-refractivity contribution >= 4 is 49.5 Å². The average Bonchev–Trinajstić information content (AvgIpc) is 3.20. The molecule has 0 spiro atoms. The summed E-state index contributed by atoms with van der Waals surface area (Å²) >= 11 is 13.3. The number of aromatic nitrogens is 1. The van der Waals surface area contributed by atoms with E-state index in [9.17, 15) is 12.8 Å². The van der Waals surface area contributed by atoms with Gasteiger partial charge >= 0.3 is 0 Å². The summed E-state index contributed by atoms with van der Waals surface area (Å²) in [5.41, 5.74) is 1.47. The maximum Gasteiger partial charge on any atom is 0.185 e. The molecule has 0 aliphatic carbocycles. The van der Waals surface area contributed by atoms with E-state index in [1.165, 1.54) is 23.5 Å². The van der Waals surface area contributed by atoms with Gasteiger partial charge in [-0.05, 0) is 49.2 Å². The van der Waals surface area contributed by atoms with Gasteiger partial charge in [0.05, 0.1) is 20.9 Å². The molecule has 4 nitrogen and oxygen atoms in total. The average molecular weight is 471 g/mol. The number of piperidine rings is 1. The van der Waals surface area contributed by atoms with Gasteiger partial charge in [-0.15, -0.1) is 11.3 Å². The summed E-state index contributed by atoms with van der Waals surface area (Å²) in [6.45, 7) is 1.20. The number of benzene rings is 2. The predicted octanol–water partition coefficient (Wildman–Crippen LogP) is 5.70. The third kappa shape index (κ3) is 4.28. The Kier molecular flexibility index (Phi) is 5.84. The van der Waals surface area contributed by atoms with Crippen LogP contribution in [0.2, 0.25) is 10.0 Å². The van der Waals surface area contributed by atoms with Crippen molar-refractivity contribution < 1.29 is 12.8 Å². The number of nitrogens with zero attached hydrogens (tertiary/aromatic N) is 2. The first-order valence-corrected chi connectivity index (χ1v) is 12.2. The van der Waals surface area contributed by atoms with Gasteiger partial charge in [0, 0.05) is 29.1 Å². The first kappa shape index (κ1) is 20.6. The normalized spacial score (nSPS) is 15.6. The molecule has 1 aromatic heterocycles. The van der Waals surface area contributed by atoms with E-state index in [0.717, 1.165) is 16.4 Å². The Labute approximate surface area is 182 Å². The highest BCUT2D eigenvalue weighted by Crippen LogP contribution is 2.33. The van der Waals surface area contributed by atoms with Crippen LogP contribution in [0.25, 0.3) is 11.3 Å². The Balaban J connectivity index is 1.46. The lowest BCUT2D eigenvalue weighted by Crippen LogP contribution is -2.39. The van der Waals surface area contributed by atoms with Gasteiger partial charge in [-0.1, -0.05) is 29.3 Å². The number of rotatable bonds is 4. The molecule has 0 N–H and O–H groups in total. The summed E-state index contributed by atoms with van der Waals surface area (Å²) in [7, 11) is -3.42. The molecule has 0 bridgehead atoms. The third-order valence-corrected chi connectivity index (χ3v) is 8.67. The molecule has 0 atom stereocenters. The molecule has 1 aliphatic rings. The van der Waals surface area contributed by atoms with Gasteiger partial charge < -0.3 is 4.90 Å². The Morgan fingerprint density at radius 2 is 1.86 bits per heavy atom. The predicted molar refractivity (Wildman–Crippen MR) is 116 cm³/mol. The van der Waals surface area contributed by atoms with Crippen LogP contribution < -0.4 is 4.90 Å². The van der Waals surface area contributed by atoms with Crippen molar-refractivity contribution in [1.82, 2.24) is 4.98 Å². The zero-order valence-corrected chi connectivity index (χ0v) is 18.3. The molecule has 9 heteroatoms. The van der Waals surface area contributed by atoms with Crippen LogP contribution in [0.15, 0.2) is 52.7 Å². The van der Waals surface area contributed by atoms with Crippen molar-refractivity contribution in [2.45, 2.75) is 23.0 Å². The van der Waals surface area contributed by atoms with Gasteiger partial charge in [-0.3, -0.25) is 0 Å². The molecule has 1 fully saturated rings. The van der Waals surface area contributed by atoms with Crippen LogP contribution in [0.4, 0.5) is 9.52 Å². The van der Waals surface area contributed by atoms with Crippen molar-refractivity contribution in [3.63, 3.8) is 0 Å². The standard InChI is InChI=1S/C20H17Cl2FN2O2S2/c21-14-2-1-3-16(11-14)29(26,27)15-6-8-25(9-7-15)20-24-19(12-28-20)13-4-5-18(23)17(22)10-13/h1-5,10-12,15H,6-9H2. The van der Waals surface area contributed by atoms with Crippen LogP contribution in [0, 0.1) is 5.82 Å². The number of hydrogen-bond acceptors (Lipinski definition) is 5. The molecule has 29 heavy (non-hydrogen) atoms. The van der Waals surface area contributed by atoms with Crippen molar-refractivity contribution in [3.8, 4) is 11.3 Å². The van der Waals surface area contributed by atoms with Gasteiger partial charge in [0.25, 0.3) is 0 Å². The fourth-order valence-corrected chi connectivity index (χ4v) is 6.49. The van der Waals surface area contributed by atoms with E-state index in [2.05, 4.69) is 9.88 Å². The van der Waals surface area contributed by atoms with Crippen LogP contribution in [0.5, 0.6) is 0 Å². The van der Waals surface area contributed by atoms with Crippen LogP contribution in [-0.2, 0) is 9.84 Å². The molecule has 0 amide bonds. The molecule has 2 heterocycles. The van der Waals surface area contributed by atoms with Gasteiger partial charge in [-0.25, -0.2) is 17.8 Å². The lowest BCUT2D eigenvalue weighted by molar-refractivity contribution is 0.529. The molecular formula is C20H17Cl2FN2O2S2. The maximum absolute atomic E-state index is 13.4. The second-order valence-corrected chi connectivity index (χ2v) is 10.7. The first-order valence-electron chi connectivity index (χ1n) is 9.00. The monoisotopic (exact) mass is 470 g/mol. The molecule has 1 saturated heterocycles. The molecule has 0 saturated carbocycles. The molecule has 152 valence electrons. The highest BCUT2D eigenvalue weighted by atomic mass is 35.5. The highest BCUT2D eigenvalue weighted by Gasteiger charge is 2.32. The molecule has 4 rings (SSSR count). The van der Waals surface area contributed by atoms with Gasteiger partial charge in [-0.2, -0.15) is 0 Å². The summed E-state index contributed by atoms with van der Waals surface area (Å²) in [4.78, 5) is 6.99. The van der Waals surface area contributed by atoms with E-state index >= 15 is 0 Å². The molecule has 0 radical (unpaired) electrons.